The van der Waals surface area contributed by atoms with Crippen molar-refractivity contribution in [3.63, 3.8) is 0 Å². The molecule has 172 valence electrons. The van der Waals surface area contributed by atoms with Crippen LogP contribution in [0.3, 0.4) is 0 Å². The highest BCUT2D eigenvalue weighted by atomic mass is 19.1. The lowest BCUT2D eigenvalue weighted by Gasteiger charge is -2.22. The number of nitrogens with zero attached hydrogens (tertiary/aromatic N) is 5. The Morgan fingerprint density at radius 1 is 1.15 bits per heavy atom. The maximum Gasteiger partial charge on any atom is 0.322 e. The van der Waals surface area contributed by atoms with Crippen LogP contribution in [0.15, 0.2) is 54.9 Å². The summed E-state index contributed by atoms with van der Waals surface area (Å²) in [5, 5.41) is 9.73. The van der Waals surface area contributed by atoms with Gasteiger partial charge in [0.25, 0.3) is 0 Å². The molecule has 2 N–H and O–H groups in total. The first-order chi connectivity index (χ1) is 16.4. The van der Waals surface area contributed by atoms with Crippen molar-refractivity contribution < 1.29 is 14.0 Å². The molecule has 0 bridgehead atoms. The van der Waals surface area contributed by atoms with Crippen LogP contribution in [-0.4, -0.2) is 38.1 Å². The lowest BCUT2D eigenvalue weighted by Crippen LogP contribution is -2.40. The fourth-order valence-corrected chi connectivity index (χ4v) is 4.01. The van der Waals surface area contributed by atoms with Crippen molar-refractivity contribution in [2.75, 3.05) is 16.8 Å². The van der Waals surface area contributed by atoms with Gasteiger partial charge >= 0.3 is 6.03 Å². The van der Waals surface area contributed by atoms with E-state index >= 15 is 0 Å². The van der Waals surface area contributed by atoms with Crippen molar-refractivity contribution in [1.82, 2.24) is 24.9 Å². The molecule has 1 atom stereocenters. The second kappa shape index (κ2) is 8.54. The number of amides is 3. The van der Waals surface area contributed by atoms with Gasteiger partial charge in [0.2, 0.25) is 11.9 Å². The molecule has 0 unspecified atom stereocenters. The minimum atomic E-state index is -0.350. The molecular formula is C24H22FN7O2. The van der Waals surface area contributed by atoms with Crippen LogP contribution in [0.25, 0.3) is 16.8 Å². The molecule has 4 heterocycles. The average molecular weight is 459 g/mol. The highest BCUT2D eigenvalue weighted by Crippen LogP contribution is 2.32. The largest absolute Gasteiger partial charge is 0.331 e. The number of carbonyl (C=O) groups is 2. The Kier molecular flexibility index (Phi) is 5.40. The van der Waals surface area contributed by atoms with Crippen molar-refractivity contribution >= 4 is 29.2 Å². The third-order valence-electron chi connectivity index (χ3n) is 5.70. The Balaban J connectivity index is 1.39. The van der Waals surface area contributed by atoms with E-state index in [9.17, 15) is 14.0 Å². The number of halogens is 1. The Hall–Kier alpha value is -4.34. The molecule has 0 spiro atoms. The predicted molar refractivity (Wildman–Crippen MR) is 125 cm³/mol. The number of hydrogen-bond donors (Lipinski definition) is 2. The van der Waals surface area contributed by atoms with Gasteiger partial charge in [-0.3, -0.25) is 20.0 Å². The molecule has 0 fully saturated rings. The van der Waals surface area contributed by atoms with Gasteiger partial charge in [-0.25, -0.2) is 13.7 Å². The second-order valence-electron chi connectivity index (χ2n) is 8.15. The van der Waals surface area contributed by atoms with Crippen molar-refractivity contribution in [3.8, 4) is 11.1 Å². The van der Waals surface area contributed by atoms with E-state index in [1.807, 2.05) is 25.1 Å². The normalized spacial score (nSPS) is 13.6. The molecule has 0 saturated carbocycles. The van der Waals surface area contributed by atoms with E-state index in [0.29, 0.717) is 24.2 Å². The zero-order valence-electron chi connectivity index (χ0n) is 18.6. The van der Waals surface area contributed by atoms with Crippen LogP contribution >= 0.6 is 0 Å². The van der Waals surface area contributed by atoms with Crippen LogP contribution in [0.1, 0.15) is 31.1 Å². The summed E-state index contributed by atoms with van der Waals surface area (Å²) < 4.78 is 15.1. The van der Waals surface area contributed by atoms with Gasteiger partial charge in [-0.2, -0.15) is 4.98 Å². The minimum Gasteiger partial charge on any atom is -0.331 e. The molecule has 0 radical (unpaired) electrons. The number of fused-ring (bicyclic) bond motifs is 2. The van der Waals surface area contributed by atoms with Crippen LogP contribution in [0.2, 0.25) is 0 Å². The van der Waals surface area contributed by atoms with Crippen LogP contribution < -0.4 is 15.5 Å². The summed E-state index contributed by atoms with van der Waals surface area (Å²) in [6.45, 7) is 3.73. The molecule has 1 aliphatic heterocycles. The number of pyridine rings is 2. The van der Waals surface area contributed by atoms with E-state index in [4.69, 9.17) is 0 Å². The van der Waals surface area contributed by atoms with Crippen LogP contribution in [0.4, 0.5) is 20.8 Å². The number of benzene rings is 1. The Labute approximate surface area is 194 Å². The molecule has 3 amide bonds. The van der Waals surface area contributed by atoms with Gasteiger partial charge in [0.05, 0.1) is 17.4 Å². The molecule has 3 aromatic heterocycles. The number of hydrogen-bond acceptors (Lipinski definition) is 5. The number of nitrogens with one attached hydrogen (secondary N) is 2. The molecule has 34 heavy (non-hydrogen) atoms. The van der Waals surface area contributed by atoms with E-state index in [-0.39, 0.29) is 29.7 Å². The molecule has 1 aromatic carbocycles. The zero-order chi connectivity index (χ0) is 23.8. The number of urea groups is 1. The minimum absolute atomic E-state index is 0.229. The molecule has 10 heteroatoms. The Morgan fingerprint density at radius 2 is 2.00 bits per heavy atom. The fraction of sp³-hybridized carbons (Fsp3) is 0.208. The zero-order valence-corrected chi connectivity index (χ0v) is 18.6. The SMILES string of the molecule is CC(=O)Nc1nc2cc(-c3cnc4c(c3)N(C(=O)N[C@@H](C)c3cccc(F)c3)CC4)ccn2n1. The van der Waals surface area contributed by atoms with Gasteiger partial charge in [0, 0.05) is 37.8 Å². The van der Waals surface area contributed by atoms with Crippen molar-refractivity contribution in [2.24, 2.45) is 0 Å². The van der Waals surface area contributed by atoms with Crippen molar-refractivity contribution in [1.29, 1.82) is 0 Å². The Morgan fingerprint density at radius 3 is 2.79 bits per heavy atom. The van der Waals surface area contributed by atoms with Gasteiger partial charge < -0.3 is 5.32 Å². The fourth-order valence-electron chi connectivity index (χ4n) is 4.01. The van der Waals surface area contributed by atoms with E-state index in [1.54, 1.807) is 33.9 Å². The number of anilines is 2. The summed E-state index contributed by atoms with van der Waals surface area (Å²) in [5.74, 6) is -0.358. The third kappa shape index (κ3) is 4.17. The molecule has 4 aromatic rings. The first kappa shape index (κ1) is 21.5. The Bertz CT molecular complexity index is 1420. The van der Waals surface area contributed by atoms with Crippen LogP contribution in [0.5, 0.6) is 0 Å². The molecule has 5 rings (SSSR count). The summed E-state index contributed by atoms with van der Waals surface area (Å²) in [7, 11) is 0. The smallest absolute Gasteiger partial charge is 0.322 e. The topological polar surface area (TPSA) is 105 Å². The molecule has 0 saturated heterocycles. The van der Waals surface area contributed by atoms with Crippen LogP contribution in [0, 0.1) is 5.82 Å². The lowest BCUT2D eigenvalue weighted by atomic mass is 10.1. The van der Waals surface area contributed by atoms with Crippen molar-refractivity contribution in [3.05, 3.63) is 71.9 Å². The standard InChI is InChI=1S/C24H22FN7O2/c1-14(16-4-3-5-19(25)10-16)27-24(34)31-8-7-20-21(31)11-18(13-26-20)17-6-9-32-22(12-17)29-23(30-32)28-15(2)33/h3-6,9-14H,7-8H2,1-2H3,(H,27,34)(H,28,30,33)/t14-/m0/s1. The highest BCUT2D eigenvalue weighted by molar-refractivity contribution is 5.95. The van der Waals surface area contributed by atoms with E-state index in [1.165, 1.54) is 19.1 Å². The van der Waals surface area contributed by atoms with E-state index in [0.717, 1.165) is 22.5 Å². The van der Waals surface area contributed by atoms with Gasteiger partial charge in [-0.1, -0.05) is 12.1 Å². The molecule has 9 nitrogen and oxygen atoms in total. The quantitative estimate of drug-likeness (QED) is 0.484. The summed E-state index contributed by atoms with van der Waals surface area (Å²) >= 11 is 0. The summed E-state index contributed by atoms with van der Waals surface area (Å²) in [5.41, 5.74) is 4.52. The van der Waals surface area contributed by atoms with Gasteiger partial charge in [-0.05, 0) is 48.4 Å². The second-order valence-corrected chi connectivity index (χ2v) is 8.15. The number of rotatable bonds is 4. The summed E-state index contributed by atoms with van der Waals surface area (Å²) in [6.07, 6.45) is 4.18. The molecular weight excluding hydrogens is 437 g/mol. The summed E-state index contributed by atoms with van der Waals surface area (Å²) in [4.78, 5) is 34.8. The highest BCUT2D eigenvalue weighted by Gasteiger charge is 2.27. The molecule has 0 aliphatic carbocycles. The first-order valence-corrected chi connectivity index (χ1v) is 10.8. The number of carbonyl (C=O) groups excluding carboxylic acids is 2. The van der Waals surface area contributed by atoms with E-state index in [2.05, 4.69) is 25.7 Å². The first-order valence-electron chi connectivity index (χ1n) is 10.8. The lowest BCUT2D eigenvalue weighted by molar-refractivity contribution is -0.114. The van der Waals surface area contributed by atoms with Gasteiger partial charge in [-0.15, -0.1) is 5.10 Å². The van der Waals surface area contributed by atoms with Gasteiger partial charge in [0.1, 0.15) is 5.82 Å². The molecule has 1 aliphatic rings. The van der Waals surface area contributed by atoms with Gasteiger partial charge in [0.15, 0.2) is 5.65 Å². The van der Waals surface area contributed by atoms with E-state index < -0.39 is 0 Å². The van der Waals surface area contributed by atoms with Crippen molar-refractivity contribution in [2.45, 2.75) is 26.3 Å². The maximum absolute atomic E-state index is 13.6. The summed E-state index contributed by atoms with van der Waals surface area (Å²) in [6, 6.07) is 11.2. The third-order valence-corrected chi connectivity index (χ3v) is 5.70. The van der Waals surface area contributed by atoms with Crippen LogP contribution in [-0.2, 0) is 11.2 Å². The maximum atomic E-state index is 13.6. The predicted octanol–water partition coefficient (Wildman–Crippen LogP) is 3.72. The average Bonchev–Trinajstić information content (AvgIpc) is 3.40. The number of aromatic nitrogens is 4. The monoisotopic (exact) mass is 459 g/mol.